The monoisotopic (exact) mass is 466 g/mol. The van der Waals surface area contributed by atoms with Crippen molar-refractivity contribution in [1.29, 1.82) is 0 Å². The Kier molecular flexibility index (Phi) is 6.76. The Morgan fingerprint density at radius 1 is 1.00 bits per heavy atom. The van der Waals surface area contributed by atoms with Gasteiger partial charge in [0.2, 0.25) is 11.0 Å². The zero-order valence-corrected chi connectivity index (χ0v) is 18.9. The van der Waals surface area contributed by atoms with Crippen LogP contribution in [-0.4, -0.2) is 27.8 Å². The van der Waals surface area contributed by atoms with Gasteiger partial charge in [0.1, 0.15) is 5.01 Å². The van der Waals surface area contributed by atoms with Crippen molar-refractivity contribution in [1.82, 2.24) is 10.2 Å². The van der Waals surface area contributed by atoms with E-state index in [-0.39, 0.29) is 17.6 Å². The molecule has 0 saturated heterocycles. The predicted octanol–water partition coefficient (Wildman–Crippen LogP) is 5.56. The molecule has 9 heteroatoms. The standard InChI is InChI=1S/C22H18N4O2S3/c1-14-6-8-16(9-7-14)23-19(27)13-30-18-5-3-2-4-17(18)20(28)24-22-26-25-21(31-22)15-10-11-29-12-15/h2-12H,13H2,1H3,(H,23,27)(H,24,26,28). The number of amides is 2. The summed E-state index contributed by atoms with van der Waals surface area (Å²) in [5.74, 6) is -0.220. The maximum atomic E-state index is 12.8. The van der Waals surface area contributed by atoms with Gasteiger partial charge in [0.25, 0.3) is 5.91 Å². The number of rotatable bonds is 7. The number of carbonyl (C=O) groups is 2. The number of carbonyl (C=O) groups excluding carboxylic acids is 2. The van der Waals surface area contributed by atoms with Crippen LogP contribution in [0.3, 0.4) is 0 Å². The summed E-state index contributed by atoms with van der Waals surface area (Å²) in [5, 5.41) is 19.0. The molecule has 0 aliphatic carbocycles. The molecular weight excluding hydrogens is 448 g/mol. The lowest BCUT2D eigenvalue weighted by Crippen LogP contribution is -2.15. The van der Waals surface area contributed by atoms with Crippen LogP contribution >= 0.6 is 34.4 Å². The summed E-state index contributed by atoms with van der Waals surface area (Å²) in [6.45, 7) is 1.99. The Balaban J connectivity index is 1.39. The molecule has 156 valence electrons. The lowest BCUT2D eigenvalue weighted by atomic mass is 10.2. The summed E-state index contributed by atoms with van der Waals surface area (Å²) < 4.78 is 0. The Morgan fingerprint density at radius 3 is 2.58 bits per heavy atom. The molecule has 31 heavy (non-hydrogen) atoms. The molecule has 4 rings (SSSR count). The van der Waals surface area contributed by atoms with Crippen molar-refractivity contribution in [2.45, 2.75) is 11.8 Å². The van der Waals surface area contributed by atoms with Crippen LogP contribution in [0.4, 0.5) is 10.8 Å². The minimum atomic E-state index is -0.282. The van der Waals surface area contributed by atoms with Gasteiger partial charge in [0.05, 0.1) is 11.3 Å². The lowest BCUT2D eigenvalue weighted by Gasteiger charge is -2.09. The van der Waals surface area contributed by atoms with Crippen molar-refractivity contribution in [3.8, 4) is 10.6 Å². The van der Waals surface area contributed by atoms with Crippen LogP contribution in [0, 0.1) is 6.92 Å². The van der Waals surface area contributed by atoms with E-state index in [1.165, 1.54) is 23.1 Å². The molecule has 0 atom stereocenters. The van der Waals surface area contributed by atoms with E-state index in [2.05, 4.69) is 20.8 Å². The maximum Gasteiger partial charge on any atom is 0.258 e. The SMILES string of the molecule is Cc1ccc(NC(=O)CSc2ccccc2C(=O)Nc2nnc(-c3ccsc3)s2)cc1. The largest absolute Gasteiger partial charge is 0.325 e. The first-order chi connectivity index (χ1) is 15.1. The van der Waals surface area contributed by atoms with Crippen molar-refractivity contribution in [2.75, 3.05) is 16.4 Å². The van der Waals surface area contributed by atoms with E-state index in [9.17, 15) is 9.59 Å². The van der Waals surface area contributed by atoms with Gasteiger partial charge in [-0.25, -0.2) is 0 Å². The summed E-state index contributed by atoms with van der Waals surface area (Å²) in [6, 6.07) is 16.8. The number of nitrogens with zero attached hydrogens (tertiary/aromatic N) is 2. The van der Waals surface area contributed by atoms with Gasteiger partial charge in [-0.2, -0.15) is 11.3 Å². The molecule has 2 heterocycles. The van der Waals surface area contributed by atoms with Crippen molar-refractivity contribution < 1.29 is 9.59 Å². The van der Waals surface area contributed by atoms with Crippen LogP contribution in [0.25, 0.3) is 10.6 Å². The van der Waals surface area contributed by atoms with Crippen LogP contribution < -0.4 is 10.6 Å². The van der Waals surface area contributed by atoms with E-state index >= 15 is 0 Å². The lowest BCUT2D eigenvalue weighted by molar-refractivity contribution is -0.113. The second-order valence-corrected chi connectivity index (χ2v) is 9.35. The molecule has 0 spiro atoms. The maximum absolute atomic E-state index is 12.8. The minimum absolute atomic E-state index is 0.131. The number of benzene rings is 2. The first kappa shape index (κ1) is 21.2. The highest BCUT2D eigenvalue weighted by Gasteiger charge is 2.16. The van der Waals surface area contributed by atoms with E-state index in [1.54, 1.807) is 23.5 Å². The molecule has 0 unspecified atom stereocenters. The normalized spacial score (nSPS) is 10.6. The van der Waals surface area contributed by atoms with E-state index in [4.69, 9.17) is 0 Å². The van der Waals surface area contributed by atoms with Gasteiger partial charge in [-0.1, -0.05) is 41.2 Å². The number of anilines is 2. The first-order valence-corrected chi connectivity index (χ1v) is 12.1. The van der Waals surface area contributed by atoms with Gasteiger partial charge in [-0.05, 0) is 42.6 Å². The van der Waals surface area contributed by atoms with Gasteiger partial charge in [-0.3, -0.25) is 14.9 Å². The summed E-state index contributed by atoms with van der Waals surface area (Å²) in [6.07, 6.45) is 0. The second-order valence-electron chi connectivity index (χ2n) is 6.58. The van der Waals surface area contributed by atoms with Gasteiger partial charge < -0.3 is 5.32 Å². The molecule has 0 fully saturated rings. The highest BCUT2D eigenvalue weighted by atomic mass is 32.2. The van der Waals surface area contributed by atoms with Gasteiger partial charge in [0, 0.05) is 21.5 Å². The van der Waals surface area contributed by atoms with E-state index in [0.29, 0.717) is 10.7 Å². The van der Waals surface area contributed by atoms with Crippen molar-refractivity contribution >= 4 is 57.1 Å². The summed E-state index contributed by atoms with van der Waals surface area (Å²) in [4.78, 5) is 25.8. The molecule has 2 N–H and O–H groups in total. The average Bonchev–Trinajstić information content (AvgIpc) is 3.46. The van der Waals surface area contributed by atoms with Gasteiger partial charge in [0.15, 0.2) is 0 Å². The number of aromatic nitrogens is 2. The molecule has 2 aromatic heterocycles. The summed E-state index contributed by atoms with van der Waals surface area (Å²) in [7, 11) is 0. The van der Waals surface area contributed by atoms with Crippen molar-refractivity contribution in [3.63, 3.8) is 0 Å². The second kappa shape index (κ2) is 9.86. The third kappa shape index (κ3) is 5.57. The van der Waals surface area contributed by atoms with Crippen molar-refractivity contribution in [3.05, 3.63) is 76.5 Å². The van der Waals surface area contributed by atoms with E-state index in [0.717, 1.165) is 26.7 Å². The zero-order valence-electron chi connectivity index (χ0n) is 16.5. The molecular formula is C22H18N4O2S3. The number of hydrogen-bond donors (Lipinski definition) is 2. The zero-order chi connectivity index (χ0) is 21.6. The van der Waals surface area contributed by atoms with Crippen LogP contribution in [0.2, 0.25) is 0 Å². The molecule has 0 saturated carbocycles. The summed E-state index contributed by atoms with van der Waals surface area (Å²) in [5.41, 5.74) is 3.35. The van der Waals surface area contributed by atoms with E-state index in [1.807, 2.05) is 60.1 Å². The fraction of sp³-hybridized carbons (Fsp3) is 0.0909. The molecule has 2 amide bonds. The minimum Gasteiger partial charge on any atom is -0.325 e. The topological polar surface area (TPSA) is 84.0 Å². The summed E-state index contributed by atoms with van der Waals surface area (Å²) >= 11 is 4.22. The molecule has 0 aliphatic rings. The molecule has 4 aromatic rings. The highest BCUT2D eigenvalue weighted by molar-refractivity contribution is 8.00. The van der Waals surface area contributed by atoms with Gasteiger partial charge >= 0.3 is 0 Å². The third-order valence-corrected chi connectivity index (χ3v) is 6.88. The fourth-order valence-corrected chi connectivity index (χ4v) is 5.00. The fourth-order valence-electron chi connectivity index (χ4n) is 2.70. The van der Waals surface area contributed by atoms with Gasteiger partial charge in [-0.15, -0.1) is 22.0 Å². The predicted molar refractivity (Wildman–Crippen MR) is 128 cm³/mol. The Labute approximate surface area is 191 Å². The number of hydrogen-bond acceptors (Lipinski definition) is 7. The smallest absolute Gasteiger partial charge is 0.258 e. The Morgan fingerprint density at radius 2 is 1.81 bits per heavy atom. The van der Waals surface area contributed by atoms with Crippen LogP contribution in [0.5, 0.6) is 0 Å². The number of thioether (sulfide) groups is 1. The number of thiophene rings is 1. The first-order valence-electron chi connectivity index (χ1n) is 9.34. The number of aryl methyl sites for hydroxylation is 1. The van der Waals surface area contributed by atoms with E-state index < -0.39 is 0 Å². The third-order valence-electron chi connectivity index (χ3n) is 4.24. The van der Waals surface area contributed by atoms with Crippen molar-refractivity contribution in [2.24, 2.45) is 0 Å². The van der Waals surface area contributed by atoms with Crippen LogP contribution in [0.1, 0.15) is 15.9 Å². The molecule has 2 aromatic carbocycles. The molecule has 0 radical (unpaired) electrons. The number of nitrogens with one attached hydrogen (secondary N) is 2. The average molecular weight is 467 g/mol. The van der Waals surface area contributed by atoms with Crippen LogP contribution in [0.15, 0.2) is 70.3 Å². The highest BCUT2D eigenvalue weighted by Crippen LogP contribution is 2.29. The van der Waals surface area contributed by atoms with Crippen LogP contribution in [-0.2, 0) is 4.79 Å². The molecule has 0 aliphatic heterocycles. The quantitative estimate of drug-likeness (QED) is 0.349. The molecule has 6 nitrogen and oxygen atoms in total. The molecule has 0 bridgehead atoms. The Bertz CT molecular complexity index is 1190. The Hall–Kier alpha value is -3.01.